The van der Waals surface area contributed by atoms with E-state index in [0.29, 0.717) is 0 Å². The van der Waals surface area contributed by atoms with Gasteiger partial charge in [0.25, 0.3) is 0 Å². The molecule has 0 aliphatic rings. The van der Waals surface area contributed by atoms with Gasteiger partial charge < -0.3 is 11.1 Å². The Morgan fingerprint density at radius 3 is 2.64 bits per heavy atom. The Bertz CT molecular complexity index is 104. The minimum Gasteiger partial charge on any atom is -0.330 e. The summed E-state index contributed by atoms with van der Waals surface area (Å²) in [6.07, 6.45) is 4.51. The molecule has 11 heavy (non-hydrogen) atoms. The molecule has 0 amide bonds. The standard InChI is InChI=1S/C9H20N2/c1-9(2)5-8-11-7-4-3-6-10/h5,11H,3-4,6-8,10H2,1-2H3. The number of nitrogens with two attached hydrogens (primary N) is 1. The summed E-state index contributed by atoms with van der Waals surface area (Å²) in [5.41, 5.74) is 6.72. The van der Waals surface area contributed by atoms with E-state index in [0.717, 1.165) is 26.1 Å². The third-order valence-electron chi connectivity index (χ3n) is 1.46. The summed E-state index contributed by atoms with van der Waals surface area (Å²) in [5, 5.41) is 3.32. The number of unbranched alkanes of at least 4 members (excludes halogenated alkanes) is 1. The van der Waals surface area contributed by atoms with Crippen LogP contribution < -0.4 is 11.1 Å². The molecular weight excluding hydrogens is 136 g/mol. The molecule has 0 rings (SSSR count). The Morgan fingerprint density at radius 2 is 2.09 bits per heavy atom. The van der Waals surface area contributed by atoms with E-state index >= 15 is 0 Å². The first kappa shape index (κ1) is 10.7. The van der Waals surface area contributed by atoms with Crippen LogP contribution in [0.1, 0.15) is 26.7 Å². The van der Waals surface area contributed by atoms with Gasteiger partial charge in [-0.25, -0.2) is 0 Å². The smallest absolute Gasteiger partial charge is 0.0137 e. The predicted molar refractivity (Wildman–Crippen MR) is 50.6 cm³/mol. The van der Waals surface area contributed by atoms with E-state index in [1.54, 1.807) is 0 Å². The number of rotatable bonds is 6. The van der Waals surface area contributed by atoms with Crippen LogP contribution in [0.25, 0.3) is 0 Å². The maximum Gasteiger partial charge on any atom is 0.0137 e. The molecule has 0 saturated carbocycles. The van der Waals surface area contributed by atoms with Crippen LogP contribution in [0.5, 0.6) is 0 Å². The lowest BCUT2D eigenvalue weighted by Gasteiger charge is -1.99. The molecule has 3 N–H and O–H groups in total. The Kier molecular flexibility index (Phi) is 7.52. The van der Waals surface area contributed by atoms with Gasteiger partial charge in [0.1, 0.15) is 0 Å². The van der Waals surface area contributed by atoms with E-state index < -0.39 is 0 Å². The number of hydrogen-bond donors (Lipinski definition) is 2. The molecule has 66 valence electrons. The van der Waals surface area contributed by atoms with Crippen LogP contribution in [0.15, 0.2) is 11.6 Å². The topological polar surface area (TPSA) is 38.0 Å². The van der Waals surface area contributed by atoms with Crippen LogP contribution in [0.4, 0.5) is 0 Å². The number of allylic oxidation sites excluding steroid dienone is 1. The molecule has 0 aromatic rings. The van der Waals surface area contributed by atoms with Crippen molar-refractivity contribution in [1.82, 2.24) is 5.32 Å². The molecule has 0 heterocycles. The molecule has 0 bridgehead atoms. The van der Waals surface area contributed by atoms with Crippen molar-refractivity contribution in [3.63, 3.8) is 0 Å². The summed E-state index contributed by atoms with van der Waals surface area (Å²) in [6.45, 7) is 7.11. The summed E-state index contributed by atoms with van der Waals surface area (Å²) >= 11 is 0. The van der Waals surface area contributed by atoms with Crippen molar-refractivity contribution >= 4 is 0 Å². The minimum atomic E-state index is 0.810. The van der Waals surface area contributed by atoms with Gasteiger partial charge in [-0.05, 0) is 39.8 Å². The highest BCUT2D eigenvalue weighted by atomic mass is 14.8. The zero-order valence-electron chi connectivity index (χ0n) is 7.69. The van der Waals surface area contributed by atoms with Gasteiger partial charge in [0.15, 0.2) is 0 Å². The molecule has 0 unspecified atom stereocenters. The lowest BCUT2D eigenvalue weighted by atomic mass is 10.3. The van der Waals surface area contributed by atoms with Crippen molar-refractivity contribution in [2.45, 2.75) is 26.7 Å². The molecule has 2 nitrogen and oxygen atoms in total. The molecule has 0 saturated heterocycles. The number of nitrogens with one attached hydrogen (secondary N) is 1. The quantitative estimate of drug-likeness (QED) is 0.449. The minimum absolute atomic E-state index is 0.810. The van der Waals surface area contributed by atoms with Gasteiger partial charge in [-0.15, -0.1) is 0 Å². The zero-order valence-corrected chi connectivity index (χ0v) is 7.69. The fraction of sp³-hybridized carbons (Fsp3) is 0.778. The normalized spacial score (nSPS) is 9.73. The molecule has 0 spiro atoms. The van der Waals surface area contributed by atoms with Gasteiger partial charge in [0.2, 0.25) is 0 Å². The van der Waals surface area contributed by atoms with Crippen molar-refractivity contribution in [1.29, 1.82) is 0 Å². The van der Waals surface area contributed by atoms with Crippen molar-refractivity contribution in [2.24, 2.45) is 5.73 Å². The maximum absolute atomic E-state index is 5.35. The second-order valence-electron chi connectivity index (χ2n) is 2.98. The molecule has 0 aliphatic carbocycles. The Morgan fingerprint density at radius 1 is 1.36 bits per heavy atom. The molecule has 0 aromatic carbocycles. The van der Waals surface area contributed by atoms with E-state index in [9.17, 15) is 0 Å². The van der Waals surface area contributed by atoms with Gasteiger partial charge in [-0.3, -0.25) is 0 Å². The Hall–Kier alpha value is -0.340. The van der Waals surface area contributed by atoms with E-state index in [4.69, 9.17) is 5.73 Å². The first-order valence-corrected chi connectivity index (χ1v) is 4.31. The molecular formula is C9H20N2. The van der Waals surface area contributed by atoms with Gasteiger partial charge >= 0.3 is 0 Å². The highest BCUT2D eigenvalue weighted by Crippen LogP contribution is 1.86. The summed E-state index contributed by atoms with van der Waals surface area (Å²) in [7, 11) is 0. The van der Waals surface area contributed by atoms with Crippen molar-refractivity contribution < 1.29 is 0 Å². The largest absolute Gasteiger partial charge is 0.330 e. The lowest BCUT2D eigenvalue weighted by molar-refractivity contribution is 0.660. The zero-order chi connectivity index (χ0) is 8.53. The average molecular weight is 156 g/mol. The molecule has 2 heteroatoms. The first-order chi connectivity index (χ1) is 5.27. The highest BCUT2D eigenvalue weighted by molar-refractivity contribution is 4.94. The van der Waals surface area contributed by atoms with E-state index in [1.807, 2.05) is 0 Å². The first-order valence-electron chi connectivity index (χ1n) is 4.31. The predicted octanol–water partition coefficient (Wildman–Crippen LogP) is 1.28. The highest BCUT2D eigenvalue weighted by Gasteiger charge is 1.84. The number of hydrogen-bond acceptors (Lipinski definition) is 2. The Labute approximate surface area is 69.9 Å². The second kappa shape index (κ2) is 7.76. The molecule has 0 fully saturated rings. The van der Waals surface area contributed by atoms with Gasteiger partial charge in [-0.1, -0.05) is 11.6 Å². The van der Waals surface area contributed by atoms with Crippen LogP contribution in [-0.2, 0) is 0 Å². The summed E-state index contributed by atoms with van der Waals surface area (Å²) < 4.78 is 0. The molecule has 0 radical (unpaired) electrons. The van der Waals surface area contributed by atoms with E-state index in [1.165, 1.54) is 12.0 Å². The third kappa shape index (κ3) is 9.66. The van der Waals surface area contributed by atoms with Gasteiger partial charge in [0, 0.05) is 6.54 Å². The summed E-state index contributed by atoms with van der Waals surface area (Å²) in [5.74, 6) is 0. The third-order valence-corrected chi connectivity index (χ3v) is 1.46. The fourth-order valence-electron chi connectivity index (χ4n) is 0.773. The van der Waals surface area contributed by atoms with E-state index in [2.05, 4.69) is 25.2 Å². The molecule has 0 aliphatic heterocycles. The van der Waals surface area contributed by atoms with Crippen LogP contribution in [0.3, 0.4) is 0 Å². The SMILES string of the molecule is CC(C)=CCNCCCCN. The van der Waals surface area contributed by atoms with E-state index in [-0.39, 0.29) is 0 Å². The molecule has 0 aromatic heterocycles. The lowest BCUT2D eigenvalue weighted by Crippen LogP contribution is -2.16. The van der Waals surface area contributed by atoms with Gasteiger partial charge in [0.05, 0.1) is 0 Å². The average Bonchev–Trinajstić information content (AvgIpc) is 1.96. The summed E-state index contributed by atoms with van der Waals surface area (Å²) in [4.78, 5) is 0. The monoisotopic (exact) mass is 156 g/mol. The van der Waals surface area contributed by atoms with Crippen molar-refractivity contribution in [2.75, 3.05) is 19.6 Å². The van der Waals surface area contributed by atoms with Crippen LogP contribution >= 0.6 is 0 Å². The maximum atomic E-state index is 5.35. The van der Waals surface area contributed by atoms with Crippen LogP contribution in [-0.4, -0.2) is 19.6 Å². The fourth-order valence-corrected chi connectivity index (χ4v) is 0.773. The van der Waals surface area contributed by atoms with Crippen molar-refractivity contribution in [3.8, 4) is 0 Å². The molecule has 0 atom stereocenters. The Balaban J connectivity index is 2.97. The second-order valence-corrected chi connectivity index (χ2v) is 2.98. The van der Waals surface area contributed by atoms with Crippen LogP contribution in [0, 0.1) is 0 Å². The van der Waals surface area contributed by atoms with Crippen LogP contribution in [0.2, 0.25) is 0 Å². The summed E-state index contributed by atoms with van der Waals surface area (Å²) in [6, 6.07) is 0. The van der Waals surface area contributed by atoms with Gasteiger partial charge in [-0.2, -0.15) is 0 Å². The van der Waals surface area contributed by atoms with Crippen molar-refractivity contribution in [3.05, 3.63) is 11.6 Å².